The summed E-state index contributed by atoms with van der Waals surface area (Å²) in [5.74, 6) is -1.81. The molecule has 2 aliphatic heterocycles. The van der Waals surface area contributed by atoms with Crippen LogP contribution in [0.25, 0.3) is 16.6 Å². The van der Waals surface area contributed by atoms with Gasteiger partial charge in [-0.2, -0.15) is 23.1 Å². The van der Waals surface area contributed by atoms with E-state index < -0.39 is 34.7 Å². The van der Waals surface area contributed by atoms with Crippen LogP contribution in [0.5, 0.6) is 11.8 Å². The van der Waals surface area contributed by atoms with Crippen LogP contribution in [0.3, 0.4) is 0 Å². The molecule has 12 heteroatoms. The average molecular weight is 522 g/mol. The van der Waals surface area contributed by atoms with Crippen molar-refractivity contribution in [3.63, 3.8) is 0 Å². The molecule has 0 aliphatic carbocycles. The summed E-state index contributed by atoms with van der Waals surface area (Å²) >= 11 is 0. The zero-order chi connectivity index (χ0) is 26.3. The second-order valence-electron chi connectivity index (χ2n) is 9.54. The molecule has 198 valence electrons. The van der Waals surface area contributed by atoms with E-state index in [0.717, 1.165) is 56.6 Å². The number of hydrogen-bond donors (Lipinski definition) is 1. The predicted molar refractivity (Wildman–Crippen MR) is 129 cm³/mol. The Balaban J connectivity index is 1.75. The third-order valence-electron chi connectivity index (χ3n) is 6.91. The number of piperidine rings is 2. The van der Waals surface area contributed by atoms with Crippen molar-refractivity contribution in [2.24, 2.45) is 0 Å². The van der Waals surface area contributed by atoms with Crippen LogP contribution in [0.1, 0.15) is 37.8 Å². The lowest BCUT2D eigenvalue weighted by Gasteiger charge is -2.31. The topological polar surface area (TPSA) is 83.7 Å². The maximum atomic E-state index is 14.7. The maximum Gasteiger partial charge on any atom is 0.431 e. The number of nitrogens with zero attached hydrogens (tertiary/aromatic N) is 5. The van der Waals surface area contributed by atoms with E-state index in [-0.39, 0.29) is 33.4 Å². The highest BCUT2D eigenvalue weighted by Gasteiger charge is 2.38. The molecule has 0 spiro atoms. The summed E-state index contributed by atoms with van der Waals surface area (Å²) < 4.78 is 63.6. The molecule has 0 amide bonds. The largest absolute Gasteiger partial charge is 0.506 e. The molecular formula is C25H27F4N5O3. The minimum absolute atomic E-state index is 0.0953. The molecular weight excluding hydrogens is 494 g/mol. The Labute approximate surface area is 210 Å². The highest BCUT2D eigenvalue weighted by molar-refractivity contribution is 5.90. The Kier molecular flexibility index (Phi) is 6.69. The number of aromatic hydroxyl groups is 1. The van der Waals surface area contributed by atoms with Gasteiger partial charge in [0, 0.05) is 26.2 Å². The number of benzene rings is 1. The van der Waals surface area contributed by atoms with E-state index in [1.807, 2.05) is 11.9 Å². The summed E-state index contributed by atoms with van der Waals surface area (Å²) in [6, 6.07) is 3.68. The first-order chi connectivity index (χ1) is 17.6. The van der Waals surface area contributed by atoms with Gasteiger partial charge in [-0.15, -0.1) is 0 Å². The van der Waals surface area contributed by atoms with Crippen LogP contribution in [0.2, 0.25) is 0 Å². The Morgan fingerprint density at radius 3 is 2.41 bits per heavy atom. The molecule has 8 nitrogen and oxygen atoms in total. The van der Waals surface area contributed by atoms with E-state index in [1.54, 1.807) is 0 Å². The van der Waals surface area contributed by atoms with Crippen molar-refractivity contribution in [2.45, 2.75) is 44.4 Å². The van der Waals surface area contributed by atoms with Crippen LogP contribution in [-0.4, -0.2) is 63.9 Å². The third-order valence-corrected chi connectivity index (χ3v) is 6.91. The van der Waals surface area contributed by atoms with Crippen LogP contribution < -0.4 is 15.2 Å². The summed E-state index contributed by atoms with van der Waals surface area (Å²) in [4.78, 5) is 26.3. The zero-order valence-corrected chi connectivity index (χ0v) is 20.3. The molecule has 37 heavy (non-hydrogen) atoms. The third kappa shape index (κ3) is 4.94. The zero-order valence-electron chi connectivity index (χ0n) is 20.3. The Bertz CT molecular complexity index is 1340. The fourth-order valence-corrected chi connectivity index (χ4v) is 4.96. The fourth-order valence-electron chi connectivity index (χ4n) is 4.96. The van der Waals surface area contributed by atoms with Gasteiger partial charge in [0.2, 0.25) is 0 Å². The first-order valence-electron chi connectivity index (χ1n) is 12.3. The molecule has 0 saturated carbocycles. The van der Waals surface area contributed by atoms with E-state index in [0.29, 0.717) is 25.9 Å². The number of phenols is 1. The number of ether oxygens (including phenoxy) is 1. The molecule has 2 fully saturated rings. The molecule has 1 N–H and O–H groups in total. The summed E-state index contributed by atoms with van der Waals surface area (Å²) in [5, 5.41) is 10.2. The summed E-state index contributed by atoms with van der Waals surface area (Å²) in [6.07, 6.45) is -1.22. The Morgan fingerprint density at radius 2 is 1.76 bits per heavy atom. The lowest BCUT2D eigenvalue weighted by atomic mass is 10.1. The van der Waals surface area contributed by atoms with Crippen molar-refractivity contribution in [1.82, 2.24) is 19.4 Å². The minimum Gasteiger partial charge on any atom is -0.506 e. The van der Waals surface area contributed by atoms with Crippen LogP contribution >= 0.6 is 0 Å². The number of hydrogen-bond acceptors (Lipinski definition) is 7. The first-order valence-corrected chi connectivity index (χ1v) is 12.3. The molecule has 2 aliphatic rings. The normalized spacial score (nSPS) is 17.9. The highest BCUT2D eigenvalue weighted by atomic mass is 19.4. The number of rotatable bonds is 4. The second-order valence-corrected chi connectivity index (χ2v) is 9.54. The van der Waals surface area contributed by atoms with Crippen LogP contribution in [0.15, 0.2) is 29.1 Å². The van der Waals surface area contributed by atoms with Crippen LogP contribution in [-0.2, 0) is 6.18 Å². The molecule has 0 atom stereocenters. The SMILES string of the molecule is CN1CCC(Oc2nc(N3CCCCC3)c3cc(C(F)(F)F)n(-c4c(O)cccc4F)c(=O)c3n2)CC1. The number of pyridine rings is 1. The van der Waals surface area contributed by atoms with Crippen molar-refractivity contribution < 1.29 is 27.4 Å². The highest BCUT2D eigenvalue weighted by Crippen LogP contribution is 2.37. The first kappa shape index (κ1) is 25.2. The number of halogens is 4. The van der Waals surface area contributed by atoms with Gasteiger partial charge in [-0.3, -0.25) is 9.36 Å². The van der Waals surface area contributed by atoms with E-state index in [4.69, 9.17) is 4.74 Å². The minimum atomic E-state index is -5.04. The van der Waals surface area contributed by atoms with Gasteiger partial charge in [0.15, 0.2) is 5.82 Å². The second kappa shape index (κ2) is 9.81. The maximum absolute atomic E-state index is 14.7. The lowest BCUT2D eigenvalue weighted by molar-refractivity contribution is -0.142. The molecule has 5 rings (SSSR count). The summed E-state index contributed by atoms with van der Waals surface area (Å²) in [7, 11) is 2.00. The van der Waals surface area contributed by atoms with Crippen molar-refractivity contribution in [2.75, 3.05) is 38.1 Å². The Hall–Kier alpha value is -3.41. The number of likely N-dealkylation sites (tertiary alicyclic amines) is 1. The number of para-hydroxylation sites is 1. The summed E-state index contributed by atoms with van der Waals surface area (Å²) in [5.41, 5.74) is -3.89. The number of alkyl halides is 3. The van der Waals surface area contributed by atoms with Crippen LogP contribution in [0, 0.1) is 5.82 Å². The smallest absolute Gasteiger partial charge is 0.431 e. The van der Waals surface area contributed by atoms with Gasteiger partial charge in [0.1, 0.15) is 34.6 Å². The molecule has 4 heterocycles. The van der Waals surface area contributed by atoms with Gasteiger partial charge in [-0.25, -0.2) is 4.39 Å². The molecule has 0 unspecified atom stereocenters. The quantitative estimate of drug-likeness (QED) is 0.518. The number of anilines is 1. The standard InChI is InChI=1S/C25H27F4N5O3/c1-32-12-8-15(9-13-32)37-24-30-20-16(22(31-24)33-10-3-2-4-11-33)14-19(25(27,28)29)34(23(20)36)21-17(26)6-5-7-18(21)35/h5-7,14-15,35H,2-4,8-13H2,1H3. The Morgan fingerprint density at radius 1 is 1.05 bits per heavy atom. The van der Waals surface area contributed by atoms with Gasteiger partial charge in [0.25, 0.3) is 5.56 Å². The van der Waals surface area contributed by atoms with Crippen molar-refractivity contribution >= 4 is 16.7 Å². The van der Waals surface area contributed by atoms with Gasteiger partial charge >= 0.3 is 12.2 Å². The molecule has 2 aromatic heterocycles. The number of phenolic OH excluding ortho intramolecular Hbond substituents is 1. The monoisotopic (exact) mass is 521 g/mol. The van der Waals surface area contributed by atoms with E-state index in [1.165, 1.54) is 0 Å². The summed E-state index contributed by atoms with van der Waals surface area (Å²) in [6.45, 7) is 2.70. The lowest BCUT2D eigenvalue weighted by Crippen LogP contribution is -2.36. The van der Waals surface area contributed by atoms with Gasteiger partial charge in [-0.1, -0.05) is 6.07 Å². The molecule has 1 aromatic carbocycles. The van der Waals surface area contributed by atoms with E-state index >= 15 is 0 Å². The van der Waals surface area contributed by atoms with Gasteiger partial charge in [-0.05, 0) is 57.4 Å². The average Bonchev–Trinajstić information content (AvgIpc) is 2.86. The van der Waals surface area contributed by atoms with Crippen molar-refractivity contribution in [3.8, 4) is 17.4 Å². The molecule has 0 bridgehead atoms. The number of fused-ring (bicyclic) bond motifs is 1. The van der Waals surface area contributed by atoms with Gasteiger partial charge in [0.05, 0.1) is 5.39 Å². The van der Waals surface area contributed by atoms with Gasteiger partial charge < -0.3 is 19.6 Å². The fraction of sp³-hybridized carbons (Fsp3) is 0.480. The van der Waals surface area contributed by atoms with Crippen molar-refractivity contribution in [1.29, 1.82) is 0 Å². The number of aromatic nitrogens is 3. The predicted octanol–water partition coefficient (Wildman–Crippen LogP) is 4.11. The van der Waals surface area contributed by atoms with Crippen molar-refractivity contribution in [3.05, 3.63) is 46.1 Å². The van der Waals surface area contributed by atoms with E-state index in [9.17, 15) is 27.5 Å². The molecule has 2 saturated heterocycles. The molecule has 0 radical (unpaired) electrons. The molecule has 3 aromatic rings. The van der Waals surface area contributed by atoms with E-state index in [2.05, 4.69) is 14.9 Å². The van der Waals surface area contributed by atoms with Crippen LogP contribution in [0.4, 0.5) is 23.4 Å².